The van der Waals surface area contributed by atoms with E-state index in [0.717, 1.165) is 0 Å². The molecule has 2 fully saturated rings. The Bertz CT molecular complexity index is 1360. The Kier molecular flexibility index (Phi) is 7.63. The lowest BCUT2D eigenvalue weighted by Gasteiger charge is -2.38. The lowest BCUT2D eigenvalue weighted by Crippen LogP contribution is -2.54. The van der Waals surface area contributed by atoms with Crippen LogP contribution in [0.3, 0.4) is 0 Å². The number of halogens is 3. The Hall–Kier alpha value is -2.72. The maximum absolute atomic E-state index is 15.8. The van der Waals surface area contributed by atoms with Gasteiger partial charge < -0.3 is 26.4 Å². The molecule has 2 heterocycles. The second-order valence-electron chi connectivity index (χ2n) is 12.1. The molecule has 5 N–H and O–H groups in total. The van der Waals surface area contributed by atoms with Crippen LogP contribution >= 0.6 is 23.2 Å². The van der Waals surface area contributed by atoms with Crippen LogP contribution in [0.25, 0.3) is 0 Å². The topological polar surface area (TPSA) is 123 Å². The molecule has 4 atom stereocenters. The second-order valence-corrected chi connectivity index (χ2v) is 12.9. The summed E-state index contributed by atoms with van der Waals surface area (Å²) in [6, 6.07) is 8.09. The first-order valence-corrected chi connectivity index (χ1v) is 14.1. The van der Waals surface area contributed by atoms with E-state index in [1.54, 1.807) is 30.3 Å². The van der Waals surface area contributed by atoms with Gasteiger partial charge >= 0.3 is 5.97 Å². The summed E-state index contributed by atoms with van der Waals surface area (Å²) in [4.78, 5) is 39.6. The molecule has 214 valence electrons. The molecule has 2 aromatic carbocycles. The third-order valence-electron chi connectivity index (χ3n) is 8.13. The van der Waals surface area contributed by atoms with Crippen LogP contribution in [0.15, 0.2) is 36.4 Å². The fourth-order valence-corrected chi connectivity index (χ4v) is 6.81. The highest BCUT2D eigenvalue weighted by Gasteiger charge is 2.66. The van der Waals surface area contributed by atoms with E-state index in [2.05, 4.69) is 36.7 Å². The van der Waals surface area contributed by atoms with Gasteiger partial charge in [0, 0.05) is 41.6 Å². The maximum Gasteiger partial charge on any atom is 0.319 e. The highest BCUT2D eigenvalue weighted by atomic mass is 35.5. The lowest BCUT2D eigenvalue weighted by molar-refractivity contribution is -0.152. The van der Waals surface area contributed by atoms with Crippen molar-refractivity contribution in [2.75, 3.05) is 11.9 Å². The van der Waals surface area contributed by atoms with E-state index < -0.39 is 35.2 Å². The van der Waals surface area contributed by atoms with Crippen molar-refractivity contribution in [3.05, 3.63) is 63.4 Å². The van der Waals surface area contributed by atoms with Crippen LogP contribution in [0.1, 0.15) is 57.1 Å². The van der Waals surface area contributed by atoms with Gasteiger partial charge in [-0.15, -0.1) is 0 Å². The Labute approximate surface area is 242 Å². The molecular formula is C29H33Cl2FN4O4. The molecule has 11 heteroatoms. The summed E-state index contributed by atoms with van der Waals surface area (Å²) >= 11 is 12.5. The number of hydrogen-bond acceptors (Lipinski definition) is 6. The molecule has 40 heavy (non-hydrogen) atoms. The highest BCUT2D eigenvalue weighted by Crippen LogP contribution is 2.57. The van der Waals surface area contributed by atoms with E-state index in [9.17, 15) is 14.4 Å². The van der Waals surface area contributed by atoms with E-state index in [-0.39, 0.29) is 46.5 Å². The molecule has 8 nitrogen and oxygen atoms in total. The van der Waals surface area contributed by atoms with Crippen molar-refractivity contribution in [1.82, 2.24) is 10.6 Å². The Morgan fingerprint density at radius 3 is 2.60 bits per heavy atom. The number of esters is 1. The van der Waals surface area contributed by atoms with Crippen molar-refractivity contribution >= 4 is 46.7 Å². The molecule has 2 aliphatic heterocycles. The highest BCUT2D eigenvalue weighted by molar-refractivity contribution is 6.31. The van der Waals surface area contributed by atoms with Crippen LogP contribution in [0.4, 0.5) is 10.1 Å². The van der Waals surface area contributed by atoms with Gasteiger partial charge in [-0.05, 0) is 41.2 Å². The first-order chi connectivity index (χ1) is 18.8. The van der Waals surface area contributed by atoms with Gasteiger partial charge in [-0.3, -0.25) is 14.4 Å². The standard InChI is InChI=1S/C29H33Cl2FN4O4/c1-28(2,3)12-21-29(18-8-7-14(30)9-20(18)35-27(29)39)23(17-5-4-6-19(31)24(17)32)25(36-21)26(38)34-15-10-16(11-15)40-22(37)13-33/h4-9,15-16,21,23,25,36H,10-13,33H2,1-3H3,(H,34,38)(H,35,39). The van der Waals surface area contributed by atoms with Crippen molar-refractivity contribution in [3.63, 3.8) is 0 Å². The van der Waals surface area contributed by atoms with Crippen LogP contribution in [-0.4, -0.2) is 48.6 Å². The van der Waals surface area contributed by atoms with Crippen molar-refractivity contribution < 1.29 is 23.5 Å². The predicted octanol–water partition coefficient (Wildman–Crippen LogP) is 4.03. The van der Waals surface area contributed by atoms with Crippen LogP contribution < -0.4 is 21.7 Å². The second kappa shape index (κ2) is 10.6. The summed E-state index contributed by atoms with van der Waals surface area (Å²) in [6.07, 6.45) is 1.08. The molecule has 0 radical (unpaired) electrons. The SMILES string of the molecule is CC(C)(C)CC1NC(C(=O)NC2CC(OC(=O)CN)C2)C(c2cccc(Cl)c2F)C12C(=O)Nc1cc(Cl)ccc12. The summed E-state index contributed by atoms with van der Waals surface area (Å²) in [5, 5.41) is 9.79. The molecular weight excluding hydrogens is 558 g/mol. The van der Waals surface area contributed by atoms with E-state index in [4.69, 9.17) is 33.7 Å². The van der Waals surface area contributed by atoms with E-state index in [0.29, 0.717) is 35.5 Å². The average molecular weight is 592 g/mol. The molecule has 0 bridgehead atoms. The van der Waals surface area contributed by atoms with Gasteiger partial charge in [0.2, 0.25) is 11.8 Å². The minimum Gasteiger partial charge on any atom is -0.461 e. The third-order valence-corrected chi connectivity index (χ3v) is 8.65. The van der Waals surface area contributed by atoms with E-state index >= 15 is 4.39 Å². The average Bonchev–Trinajstić information content (AvgIpc) is 3.33. The summed E-state index contributed by atoms with van der Waals surface area (Å²) in [6.45, 7) is 5.95. The molecule has 5 rings (SSSR count). The lowest BCUT2D eigenvalue weighted by atomic mass is 9.62. The van der Waals surface area contributed by atoms with Crippen molar-refractivity contribution in [3.8, 4) is 0 Å². The van der Waals surface area contributed by atoms with Gasteiger partial charge in [-0.25, -0.2) is 4.39 Å². The summed E-state index contributed by atoms with van der Waals surface area (Å²) in [5.74, 6) is -2.79. The van der Waals surface area contributed by atoms with Crippen LogP contribution in [0.2, 0.25) is 10.0 Å². The number of rotatable bonds is 6. The minimum absolute atomic E-state index is 0.0932. The third kappa shape index (κ3) is 4.98. The van der Waals surface area contributed by atoms with Crippen molar-refractivity contribution in [2.24, 2.45) is 11.1 Å². The smallest absolute Gasteiger partial charge is 0.319 e. The zero-order valence-corrected chi connectivity index (χ0v) is 24.0. The summed E-state index contributed by atoms with van der Waals surface area (Å²) < 4.78 is 21.0. The zero-order chi connectivity index (χ0) is 29.0. The minimum atomic E-state index is -1.32. The van der Waals surface area contributed by atoms with E-state index in [1.807, 2.05) is 0 Å². The fraction of sp³-hybridized carbons (Fsp3) is 0.483. The largest absolute Gasteiger partial charge is 0.461 e. The van der Waals surface area contributed by atoms with Gasteiger partial charge in [0.15, 0.2) is 0 Å². The molecule has 0 aromatic heterocycles. The van der Waals surface area contributed by atoms with E-state index in [1.165, 1.54) is 6.07 Å². The molecule has 3 aliphatic rings. The predicted molar refractivity (Wildman–Crippen MR) is 151 cm³/mol. The van der Waals surface area contributed by atoms with Crippen molar-refractivity contribution in [2.45, 2.75) is 75.6 Å². The number of carbonyl (C=O) groups is 3. The first-order valence-electron chi connectivity index (χ1n) is 13.4. The first kappa shape index (κ1) is 28.8. The Morgan fingerprint density at radius 1 is 1.20 bits per heavy atom. The molecule has 1 spiro atoms. The Balaban J connectivity index is 1.58. The molecule has 1 saturated carbocycles. The van der Waals surface area contributed by atoms with Gasteiger partial charge in [0.25, 0.3) is 0 Å². The van der Waals surface area contributed by atoms with Crippen LogP contribution in [0, 0.1) is 11.2 Å². The number of ether oxygens (including phenoxy) is 1. The molecule has 2 aromatic rings. The fourth-order valence-electron chi connectivity index (χ4n) is 6.46. The number of nitrogens with two attached hydrogens (primary N) is 1. The normalized spacial score (nSPS) is 29.1. The zero-order valence-electron chi connectivity index (χ0n) is 22.5. The van der Waals surface area contributed by atoms with Crippen molar-refractivity contribution in [1.29, 1.82) is 0 Å². The maximum atomic E-state index is 15.8. The number of nitrogens with one attached hydrogen (secondary N) is 3. The number of anilines is 1. The molecule has 1 aliphatic carbocycles. The van der Waals surface area contributed by atoms with Gasteiger partial charge in [0.1, 0.15) is 17.3 Å². The number of hydrogen-bond donors (Lipinski definition) is 4. The number of amides is 2. The van der Waals surface area contributed by atoms with Gasteiger partial charge in [-0.1, -0.05) is 62.2 Å². The van der Waals surface area contributed by atoms with Gasteiger partial charge in [0.05, 0.1) is 17.6 Å². The molecule has 2 amide bonds. The number of fused-ring (bicyclic) bond motifs is 2. The Morgan fingerprint density at radius 2 is 1.93 bits per heavy atom. The number of carbonyl (C=O) groups excluding carboxylic acids is 3. The van der Waals surface area contributed by atoms with Gasteiger partial charge in [-0.2, -0.15) is 0 Å². The monoisotopic (exact) mass is 590 g/mol. The number of benzene rings is 2. The van der Waals surface area contributed by atoms with Crippen LogP contribution in [-0.2, 0) is 24.5 Å². The van der Waals surface area contributed by atoms with Crippen LogP contribution in [0.5, 0.6) is 0 Å². The summed E-state index contributed by atoms with van der Waals surface area (Å²) in [7, 11) is 0. The molecule has 4 unspecified atom stereocenters. The summed E-state index contributed by atoms with van der Waals surface area (Å²) in [5.41, 5.74) is 5.14. The quantitative estimate of drug-likeness (QED) is 0.377. The molecule has 1 saturated heterocycles.